The Hall–Kier alpha value is -0.910. The number of esters is 1. The molecular formula is C20H30O5. The Bertz CT molecular complexity index is 605. The van der Waals surface area contributed by atoms with Crippen molar-refractivity contribution in [3.63, 3.8) is 0 Å². The van der Waals surface area contributed by atoms with Gasteiger partial charge in [-0.05, 0) is 54.8 Å². The molecular weight excluding hydrogens is 320 g/mol. The van der Waals surface area contributed by atoms with Crippen LogP contribution >= 0.6 is 0 Å². The van der Waals surface area contributed by atoms with Crippen molar-refractivity contribution in [2.75, 3.05) is 13.2 Å². The first-order chi connectivity index (χ1) is 11.7. The van der Waals surface area contributed by atoms with Gasteiger partial charge in [0.05, 0.1) is 23.9 Å². The zero-order chi connectivity index (χ0) is 18.0. The van der Waals surface area contributed by atoms with Crippen LogP contribution in [0.25, 0.3) is 0 Å². The van der Waals surface area contributed by atoms with Gasteiger partial charge in [-0.2, -0.15) is 0 Å². The van der Waals surface area contributed by atoms with E-state index in [-0.39, 0.29) is 29.1 Å². The molecule has 5 nitrogen and oxygen atoms in total. The molecule has 140 valence electrons. The zero-order valence-electron chi connectivity index (χ0n) is 15.5. The van der Waals surface area contributed by atoms with Crippen molar-refractivity contribution in [3.8, 4) is 0 Å². The molecule has 0 aromatic heterocycles. The fourth-order valence-electron chi connectivity index (χ4n) is 6.21. The number of fused-ring (bicyclic) bond motifs is 1. The van der Waals surface area contributed by atoms with Crippen molar-refractivity contribution >= 4 is 5.97 Å². The number of epoxide rings is 1. The van der Waals surface area contributed by atoms with Crippen molar-refractivity contribution in [2.24, 2.45) is 22.7 Å². The van der Waals surface area contributed by atoms with Crippen LogP contribution in [0, 0.1) is 22.7 Å². The van der Waals surface area contributed by atoms with Crippen LogP contribution in [0.3, 0.4) is 0 Å². The maximum atomic E-state index is 11.8. The lowest BCUT2D eigenvalue weighted by Crippen LogP contribution is -2.58. The number of ether oxygens (including phenoxy) is 2. The van der Waals surface area contributed by atoms with Gasteiger partial charge in [0.25, 0.3) is 0 Å². The van der Waals surface area contributed by atoms with Gasteiger partial charge < -0.3 is 19.7 Å². The molecule has 25 heavy (non-hydrogen) atoms. The van der Waals surface area contributed by atoms with Crippen LogP contribution in [-0.4, -0.2) is 47.2 Å². The third-order valence-corrected chi connectivity index (χ3v) is 7.85. The minimum Gasteiger partial charge on any atom is -0.459 e. The molecule has 2 aliphatic carbocycles. The maximum Gasteiger partial charge on any atom is 0.336 e. The van der Waals surface area contributed by atoms with Crippen LogP contribution in [-0.2, 0) is 14.3 Å². The molecule has 2 aliphatic heterocycles. The van der Waals surface area contributed by atoms with Crippen molar-refractivity contribution in [1.82, 2.24) is 0 Å². The number of aliphatic hydroxyl groups is 2. The Morgan fingerprint density at radius 3 is 2.52 bits per heavy atom. The van der Waals surface area contributed by atoms with Crippen molar-refractivity contribution in [3.05, 3.63) is 11.6 Å². The van der Waals surface area contributed by atoms with E-state index >= 15 is 0 Å². The molecule has 0 bridgehead atoms. The van der Waals surface area contributed by atoms with Gasteiger partial charge in [0.2, 0.25) is 0 Å². The minimum atomic E-state index is -0.805. The number of allylic oxidation sites excluding steroid dienone is 1. The second kappa shape index (κ2) is 5.54. The predicted molar refractivity (Wildman–Crippen MR) is 91.7 cm³/mol. The van der Waals surface area contributed by atoms with E-state index in [1.807, 2.05) is 6.08 Å². The third kappa shape index (κ3) is 2.50. The van der Waals surface area contributed by atoms with E-state index in [4.69, 9.17) is 9.47 Å². The summed E-state index contributed by atoms with van der Waals surface area (Å²) in [5.74, 6) is 0.344. The van der Waals surface area contributed by atoms with E-state index in [1.54, 1.807) is 0 Å². The van der Waals surface area contributed by atoms with Gasteiger partial charge >= 0.3 is 5.97 Å². The smallest absolute Gasteiger partial charge is 0.336 e. The third-order valence-electron chi connectivity index (χ3n) is 7.85. The van der Waals surface area contributed by atoms with E-state index < -0.39 is 12.1 Å². The molecule has 2 N–H and O–H groups in total. The Morgan fingerprint density at radius 2 is 1.92 bits per heavy atom. The van der Waals surface area contributed by atoms with Gasteiger partial charge in [-0.3, -0.25) is 0 Å². The van der Waals surface area contributed by atoms with Crippen LogP contribution in [0.2, 0.25) is 0 Å². The second-order valence-electron chi connectivity index (χ2n) is 9.39. The van der Waals surface area contributed by atoms with Gasteiger partial charge in [-0.1, -0.05) is 26.8 Å². The SMILES string of the molecule is CC1(C)[C@@H](O)CC[C@@]2(C)[C@H]1CC[C@@]1(CO1)[C@@H]2C/C=C1/C(=O)OC[C@@H]1O. The fourth-order valence-corrected chi connectivity index (χ4v) is 6.21. The highest BCUT2D eigenvalue weighted by Gasteiger charge is 2.66. The zero-order valence-corrected chi connectivity index (χ0v) is 15.5. The second-order valence-corrected chi connectivity index (χ2v) is 9.39. The largest absolute Gasteiger partial charge is 0.459 e. The molecule has 1 spiro atoms. The van der Waals surface area contributed by atoms with Crippen molar-refractivity contribution < 1.29 is 24.5 Å². The molecule has 4 rings (SSSR count). The Labute approximate surface area is 149 Å². The van der Waals surface area contributed by atoms with Gasteiger partial charge in [0.1, 0.15) is 12.7 Å². The summed E-state index contributed by atoms with van der Waals surface area (Å²) in [5, 5.41) is 20.5. The van der Waals surface area contributed by atoms with E-state index in [9.17, 15) is 15.0 Å². The molecule has 0 amide bonds. The summed E-state index contributed by atoms with van der Waals surface area (Å²) in [7, 11) is 0. The highest BCUT2D eigenvalue weighted by atomic mass is 16.6. The lowest BCUT2D eigenvalue weighted by Gasteiger charge is -2.60. The minimum absolute atomic E-state index is 0.0656. The topological polar surface area (TPSA) is 79.3 Å². The van der Waals surface area contributed by atoms with Gasteiger partial charge in [-0.25, -0.2) is 4.79 Å². The van der Waals surface area contributed by atoms with Crippen LogP contribution in [0.15, 0.2) is 11.6 Å². The Kier molecular flexibility index (Phi) is 3.88. The number of hydrogen-bond donors (Lipinski definition) is 2. The lowest BCUT2D eigenvalue weighted by molar-refractivity contribution is -0.153. The molecule has 0 aromatic rings. The summed E-state index contributed by atoms with van der Waals surface area (Å²) in [4.78, 5) is 11.8. The standard InChI is InChI=1S/C20H30O5/c1-18(2)14-6-9-20(11-25-20)15(19(14,3)8-7-16(18)22)5-4-12-13(21)10-24-17(12)23/h4,13-16,21-22H,5-11H2,1-3H3/b12-4+/t13-,14-,15+,16-,19-,20+/m0/s1. The van der Waals surface area contributed by atoms with E-state index in [0.29, 0.717) is 17.4 Å². The molecule has 0 unspecified atom stereocenters. The molecule has 4 fully saturated rings. The fraction of sp³-hybridized carbons (Fsp3) is 0.850. The van der Waals surface area contributed by atoms with Crippen LogP contribution < -0.4 is 0 Å². The molecule has 0 aromatic carbocycles. The average molecular weight is 350 g/mol. The van der Waals surface area contributed by atoms with E-state index in [0.717, 1.165) is 38.7 Å². The van der Waals surface area contributed by atoms with Crippen LogP contribution in [0.5, 0.6) is 0 Å². The number of carbonyl (C=O) groups is 1. The summed E-state index contributed by atoms with van der Waals surface area (Å²) >= 11 is 0. The first kappa shape index (κ1) is 17.5. The molecule has 6 atom stereocenters. The average Bonchev–Trinajstić information content (AvgIpc) is 3.24. The van der Waals surface area contributed by atoms with Gasteiger partial charge in [0, 0.05) is 0 Å². The van der Waals surface area contributed by atoms with Crippen LogP contribution in [0.4, 0.5) is 0 Å². The summed E-state index contributed by atoms with van der Waals surface area (Å²) in [6, 6.07) is 0. The number of aliphatic hydroxyl groups excluding tert-OH is 2. The summed E-state index contributed by atoms with van der Waals surface area (Å²) in [6.45, 7) is 7.59. The first-order valence-corrected chi connectivity index (χ1v) is 9.58. The quantitative estimate of drug-likeness (QED) is 0.453. The summed E-state index contributed by atoms with van der Waals surface area (Å²) < 4.78 is 10.9. The molecule has 4 aliphatic rings. The van der Waals surface area contributed by atoms with Gasteiger partial charge in [-0.15, -0.1) is 0 Å². The molecule has 0 radical (unpaired) electrons. The normalized spacial score (nSPS) is 50.0. The predicted octanol–water partition coefficient (Wildman–Crippen LogP) is 2.20. The number of rotatable bonds is 2. The Balaban J connectivity index is 1.65. The van der Waals surface area contributed by atoms with E-state index in [2.05, 4.69) is 20.8 Å². The molecule has 2 saturated heterocycles. The summed E-state index contributed by atoms with van der Waals surface area (Å²) in [5.41, 5.74) is 0.285. The van der Waals surface area contributed by atoms with Crippen molar-refractivity contribution in [1.29, 1.82) is 0 Å². The number of cyclic esters (lactones) is 1. The summed E-state index contributed by atoms with van der Waals surface area (Å²) in [6.07, 6.45) is 5.44. The van der Waals surface area contributed by atoms with Gasteiger partial charge in [0.15, 0.2) is 0 Å². The Morgan fingerprint density at radius 1 is 1.20 bits per heavy atom. The highest BCUT2D eigenvalue weighted by Crippen LogP contribution is 2.66. The monoisotopic (exact) mass is 350 g/mol. The first-order valence-electron chi connectivity index (χ1n) is 9.58. The lowest BCUT2D eigenvalue weighted by atomic mass is 9.45. The molecule has 5 heteroatoms. The highest BCUT2D eigenvalue weighted by molar-refractivity contribution is 5.91. The maximum absolute atomic E-state index is 11.8. The number of hydrogen-bond acceptors (Lipinski definition) is 5. The molecule has 2 heterocycles. The molecule has 2 saturated carbocycles. The van der Waals surface area contributed by atoms with Crippen molar-refractivity contribution in [2.45, 2.75) is 70.7 Å². The van der Waals surface area contributed by atoms with Crippen LogP contribution in [0.1, 0.15) is 52.9 Å². The van der Waals surface area contributed by atoms with E-state index in [1.165, 1.54) is 0 Å². The number of carbonyl (C=O) groups excluding carboxylic acids is 1.